The minimum absolute atomic E-state index is 0.0229. The molecule has 1 aliphatic rings. The molecule has 4 rings (SSSR count). The number of amides is 1. The second kappa shape index (κ2) is 8.93. The number of aryl methyl sites for hydroxylation is 4. The number of rotatable bonds is 7. The molecule has 0 aromatic carbocycles. The Bertz CT molecular complexity index is 1110. The lowest BCUT2D eigenvalue weighted by Gasteiger charge is -2.16. The van der Waals surface area contributed by atoms with E-state index in [1.165, 1.54) is 16.9 Å². The van der Waals surface area contributed by atoms with Crippen molar-refractivity contribution in [1.82, 2.24) is 20.0 Å². The summed E-state index contributed by atoms with van der Waals surface area (Å²) in [5, 5.41) is 4.73. The third-order valence-electron chi connectivity index (χ3n) is 5.58. The molecule has 7 nitrogen and oxygen atoms in total. The summed E-state index contributed by atoms with van der Waals surface area (Å²) in [5.74, 6) is 2.78. The molecule has 0 saturated heterocycles. The van der Waals surface area contributed by atoms with E-state index < -0.39 is 0 Å². The maximum atomic E-state index is 12.6. The van der Waals surface area contributed by atoms with Crippen LogP contribution in [0.5, 0.6) is 0 Å². The number of fused-ring (bicyclic) bond motifs is 3. The van der Waals surface area contributed by atoms with Gasteiger partial charge in [-0.05, 0) is 45.1 Å². The molecule has 0 saturated carbocycles. The number of carbonyl (C=O) groups excluding carboxylic acids is 1. The maximum Gasteiger partial charge on any atom is 0.259 e. The van der Waals surface area contributed by atoms with Gasteiger partial charge in [-0.1, -0.05) is 5.16 Å². The lowest BCUT2D eigenvalue weighted by Crippen LogP contribution is -2.26. The van der Waals surface area contributed by atoms with Crippen LogP contribution in [0.15, 0.2) is 9.32 Å². The molecule has 160 valence electrons. The number of aromatic nitrogens is 3. The molecule has 30 heavy (non-hydrogen) atoms. The number of nitrogens with zero attached hydrogens (tertiary/aromatic N) is 3. The molecule has 0 fully saturated rings. The van der Waals surface area contributed by atoms with Gasteiger partial charge in [-0.2, -0.15) is 11.8 Å². The molecule has 0 radical (unpaired) electrons. The zero-order valence-electron chi connectivity index (χ0n) is 17.5. The lowest BCUT2D eigenvalue weighted by atomic mass is 9.97. The van der Waals surface area contributed by atoms with Gasteiger partial charge in [0.25, 0.3) is 5.56 Å². The summed E-state index contributed by atoms with van der Waals surface area (Å²) in [5.41, 5.74) is 2.97. The number of thiophene rings is 1. The molecule has 0 bridgehead atoms. The predicted molar refractivity (Wildman–Crippen MR) is 120 cm³/mol. The van der Waals surface area contributed by atoms with Gasteiger partial charge in [-0.3, -0.25) is 9.59 Å². The van der Waals surface area contributed by atoms with Crippen molar-refractivity contribution in [3.8, 4) is 0 Å². The molecule has 0 aliphatic heterocycles. The normalized spacial score (nSPS) is 13.6. The van der Waals surface area contributed by atoms with E-state index >= 15 is 0 Å². The van der Waals surface area contributed by atoms with Crippen LogP contribution in [0.2, 0.25) is 0 Å². The number of carbonyl (C=O) groups is 1. The molecule has 1 N–H and O–H groups in total. The average Bonchev–Trinajstić information content (AvgIpc) is 3.25. The smallest absolute Gasteiger partial charge is 0.259 e. The second-order valence-corrected chi connectivity index (χ2v) is 9.95. The average molecular weight is 447 g/mol. The van der Waals surface area contributed by atoms with E-state index in [1.54, 1.807) is 35.0 Å². The Balaban J connectivity index is 1.31. The monoisotopic (exact) mass is 446 g/mol. The highest BCUT2D eigenvalue weighted by molar-refractivity contribution is 7.98. The van der Waals surface area contributed by atoms with E-state index in [1.807, 2.05) is 13.8 Å². The zero-order valence-corrected chi connectivity index (χ0v) is 19.2. The fourth-order valence-electron chi connectivity index (χ4n) is 3.85. The van der Waals surface area contributed by atoms with Crippen molar-refractivity contribution in [2.45, 2.75) is 58.2 Å². The Morgan fingerprint density at radius 1 is 1.30 bits per heavy atom. The Kier molecular flexibility index (Phi) is 6.29. The topological polar surface area (TPSA) is 92.1 Å². The molecule has 0 spiro atoms. The third kappa shape index (κ3) is 4.32. The molecule has 0 atom stereocenters. The number of aromatic amines is 1. The van der Waals surface area contributed by atoms with Crippen molar-refractivity contribution in [3.63, 3.8) is 0 Å². The van der Waals surface area contributed by atoms with Crippen LogP contribution in [0.4, 0.5) is 0 Å². The van der Waals surface area contributed by atoms with Gasteiger partial charge in [-0.15, -0.1) is 11.3 Å². The summed E-state index contributed by atoms with van der Waals surface area (Å²) in [7, 11) is 1.80. The molecular formula is C21H26N4O3S2. The highest BCUT2D eigenvalue weighted by Gasteiger charge is 2.20. The lowest BCUT2D eigenvalue weighted by molar-refractivity contribution is -0.129. The molecule has 3 heterocycles. The maximum absolute atomic E-state index is 12.6. The quantitative estimate of drug-likeness (QED) is 0.556. The van der Waals surface area contributed by atoms with Crippen LogP contribution in [0.3, 0.4) is 0 Å². The minimum Gasteiger partial charge on any atom is -0.361 e. The first-order valence-corrected chi connectivity index (χ1v) is 12.2. The molecule has 3 aromatic rings. The molecule has 3 aromatic heterocycles. The SMILES string of the molecule is Cc1noc(C)c1CN(C)C(=O)CCSCc1nc2sc3c(c2c(=O)[nH]1)CCCC3. The van der Waals surface area contributed by atoms with Crippen molar-refractivity contribution < 1.29 is 9.32 Å². The first-order chi connectivity index (χ1) is 14.4. The Labute approximate surface area is 183 Å². The second-order valence-electron chi connectivity index (χ2n) is 7.76. The van der Waals surface area contributed by atoms with E-state index in [2.05, 4.69) is 10.1 Å². The van der Waals surface area contributed by atoms with Crippen molar-refractivity contribution in [3.05, 3.63) is 43.6 Å². The number of thioether (sulfide) groups is 1. The highest BCUT2D eigenvalue weighted by atomic mass is 32.2. The van der Waals surface area contributed by atoms with Gasteiger partial charge in [0.05, 0.1) is 23.4 Å². The Morgan fingerprint density at radius 2 is 2.10 bits per heavy atom. The number of H-pyrrole nitrogens is 1. The van der Waals surface area contributed by atoms with Crippen molar-refractivity contribution in [1.29, 1.82) is 0 Å². The van der Waals surface area contributed by atoms with Crippen LogP contribution in [0.25, 0.3) is 10.2 Å². The van der Waals surface area contributed by atoms with E-state index in [4.69, 9.17) is 9.51 Å². The number of hydrogen-bond donors (Lipinski definition) is 1. The van der Waals surface area contributed by atoms with Gasteiger partial charge < -0.3 is 14.4 Å². The van der Waals surface area contributed by atoms with Crippen LogP contribution in [0, 0.1) is 13.8 Å². The molecular weight excluding hydrogens is 420 g/mol. The fourth-order valence-corrected chi connectivity index (χ4v) is 5.92. The summed E-state index contributed by atoms with van der Waals surface area (Å²) in [6, 6.07) is 0. The summed E-state index contributed by atoms with van der Waals surface area (Å²) >= 11 is 3.28. The number of hydrogen-bond acceptors (Lipinski definition) is 7. The van der Waals surface area contributed by atoms with Crippen LogP contribution < -0.4 is 5.56 Å². The predicted octanol–water partition coefficient (Wildman–Crippen LogP) is 3.75. The van der Waals surface area contributed by atoms with Crippen LogP contribution >= 0.6 is 23.1 Å². The Hall–Kier alpha value is -2.13. The fraction of sp³-hybridized carbons (Fsp3) is 0.524. The van der Waals surface area contributed by atoms with Gasteiger partial charge in [0, 0.05) is 29.7 Å². The van der Waals surface area contributed by atoms with Crippen LogP contribution in [-0.2, 0) is 29.9 Å². The molecule has 1 amide bonds. The van der Waals surface area contributed by atoms with E-state index in [9.17, 15) is 9.59 Å². The van der Waals surface area contributed by atoms with Gasteiger partial charge in [0.15, 0.2) is 0 Å². The van der Waals surface area contributed by atoms with Gasteiger partial charge in [0.1, 0.15) is 16.4 Å². The summed E-state index contributed by atoms with van der Waals surface area (Å²) in [4.78, 5) is 36.6. The van der Waals surface area contributed by atoms with Gasteiger partial charge >= 0.3 is 0 Å². The first kappa shape index (κ1) is 21.1. The molecule has 1 aliphatic carbocycles. The van der Waals surface area contributed by atoms with Gasteiger partial charge in [-0.25, -0.2) is 4.98 Å². The minimum atomic E-state index is -0.0229. The summed E-state index contributed by atoms with van der Waals surface area (Å²) in [6.07, 6.45) is 4.82. The summed E-state index contributed by atoms with van der Waals surface area (Å²) < 4.78 is 5.16. The van der Waals surface area contributed by atoms with Crippen LogP contribution in [-0.4, -0.2) is 38.7 Å². The zero-order chi connectivity index (χ0) is 21.3. The highest BCUT2D eigenvalue weighted by Crippen LogP contribution is 2.33. The van der Waals surface area contributed by atoms with E-state index in [0.717, 1.165) is 46.5 Å². The number of nitrogens with one attached hydrogen (secondary N) is 1. The third-order valence-corrected chi connectivity index (χ3v) is 7.73. The standard InChI is InChI=1S/C21H26N4O3S2/c1-12-15(13(2)28-24-12)10-25(3)18(26)8-9-29-11-17-22-20(27)19-14-6-4-5-7-16(14)30-21(19)23-17/h4-11H2,1-3H3,(H,22,23,27). The first-order valence-electron chi connectivity index (χ1n) is 10.2. The summed E-state index contributed by atoms with van der Waals surface area (Å²) in [6.45, 7) is 4.24. The van der Waals surface area contributed by atoms with E-state index in [-0.39, 0.29) is 11.5 Å². The van der Waals surface area contributed by atoms with Crippen molar-refractivity contribution in [2.24, 2.45) is 0 Å². The largest absolute Gasteiger partial charge is 0.361 e. The van der Waals surface area contributed by atoms with Crippen LogP contribution in [0.1, 0.15) is 52.5 Å². The Morgan fingerprint density at radius 3 is 2.87 bits per heavy atom. The molecule has 9 heteroatoms. The van der Waals surface area contributed by atoms with E-state index in [0.29, 0.717) is 30.3 Å². The van der Waals surface area contributed by atoms with Crippen molar-refractivity contribution >= 4 is 39.2 Å². The molecule has 0 unspecified atom stereocenters. The van der Waals surface area contributed by atoms with Gasteiger partial charge in [0.2, 0.25) is 5.91 Å². The van der Waals surface area contributed by atoms with Crippen molar-refractivity contribution in [2.75, 3.05) is 12.8 Å².